The summed E-state index contributed by atoms with van der Waals surface area (Å²) in [7, 11) is 3.22. The zero-order chi connectivity index (χ0) is 29.5. The molecule has 1 amide bonds. The molecule has 1 saturated carbocycles. The van der Waals surface area contributed by atoms with Crippen LogP contribution in [0.25, 0.3) is 0 Å². The Labute approximate surface area is 247 Å². The summed E-state index contributed by atoms with van der Waals surface area (Å²) in [4.78, 5) is 29.3. The number of hydrogen-bond donors (Lipinski definition) is 0. The molecule has 0 unspecified atom stereocenters. The van der Waals surface area contributed by atoms with Crippen LogP contribution in [0, 0.1) is 0 Å². The summed E-state index contributed by atoms with van der Waals surface area (Å²) in [5.74, 6) is 1.20. The normalized spacial score (nSPS) is 17.3. The first-order valence-corrected chi connectivity index (χ1v) is 14.6. The van der Waals surface area contributed by atoms with Gasteiger partial charge in [0.1, 0.15) is 18.4 Å². The van der Waals surface area contributed by atoms with Crippen LogP contribution < -0.4 is 14.2 Å². The number of hydrogen-bond acceptors (Lipinski definition) is 7. The highest BCUT2D eigenvalue weighted by molar-refractivity contribution is 5.89. The van der Waals surface area contributed by atoms with Crippen molar-refractivity contribution in [3.63, 3.8) is 0 Å². The molecule has 5 rings (SSSR count). The lowest BCUT2D eigenvalue weighted by atomic mass is 9.91. The van der Waals surface area contributed by atoms with Crippen molar-refractivity contribution in [2.45, 2.75) is 70.4 Å². The maximum absolute atomic E-state index is 14.3. The molecule has 3 aromatic carbocycles. The molecular weight excluding hydrogens is 534 g/mol. The Hall–Kier alpha value is -4.04. The third-order valence-electron chi connectivity index (χ3n) is 8.00. The smallest absolute Gasteiger partial charge is 0.329 e. The number of methoxy groups -OCH3 is 2. The van der Waals surface area contributed by atoms with Crippen molar-refractivity contribution in [3.8, 4) is 17.2 Å². The number of amides is 1. The monoisotopic (exact) mass is 573 g/mol. The second-order valence-electron chi connectivity index (χ2n) is 10.6. The summed E-state index contributed by atoms with van der Waals surface area (Å²) < 4.78 is 29.2. The number of carbonyl (C=O) groups is 2. The highest BCUT2D eigenvalue weighted by atomic mass is 16.5. The minimum atomic E-state index is -0.834. The Morgan fingerprint density at radius 3 is 2.33 bits per heavy atom. The van der Waals surface area contributed by atoms with E-state index in [9.17, 15) is 9.59 Å². The van der Waals surface area contributed by atoms with Crippen LogP contribution in [0.3, 0.4) is 0 Å². The molecule has 42 heavy (non-hydrogen) atoms. The van der Waals surface area contributed by atoms with Crippen LogP contribution in [-0.4, -0.2) is 49.7 Å². The fourth-order valence-corrected chi connectivity index (χ4v) is 5.77. The summed E-state index contributed by atoms with van der Waals surface area (Å²) in [6.07, 6.45) is 3.47. The molecule has 0 spiro atoms. The van der Waals surface area contributed by atoms with Gasteiger partial charge in [-0.1, -0.05) is 61.4 Å². The Bertz CT molecular complexity index is 1350. The minimum absolute atomic E-state index is 0.0134. The predicted octanol–water partition coefficient (Wildman–Crippen LogP) is 5.80. The topological polar surface area (TPSA) is 83.5 Å². The summed E-state index contributed by atoms with van der Waals surface area (Å²) in [5, 5.41) is 0. The number of nitrogens with zero attached hydrogens (tertiary/aromatic N) is 1. The van der Waals surface area contributed by atoms with E-state index in [0.29, 0.717) is 18.1 Å². The molecule has 2 aliphatic rings. The van der Waals surface area contributed by atoms with Crippen LogP contribution in [0.2, 0.25) is 0 Å². The SMILES string of the molecule is CCOC(=O)[C@@H]1Cc2c(ccc(OC)c2OCc2ccc(OC)cc2)CN1C(=O)[C@@H](OC1CCCC1)c1ccccc1. The van der Waals surface area contributed by atoms with Crippen molar-refractivity contribution in [3.05, 3.63) is 89.0 Å². The van der Waals surface area contributed by atoms with Gasteiger partial charge in [0.25, 0.3) is 5.91 Å². The zero-order valence-electron chi connectivity index (χ0n) is 24.5. The molecule has 8 nitrogen and oxygen atoms in total. The van der Waals surface area contributed by atoms with E-state index in [0.717, 1.165) is 53.7 Å². The first-order chi connectivity index (χ1) is 20.5. The van der Waals surface area contributed by atoms with E-state index in [1.165, 1.54) is 0 Å². The van der Waals surface area contributed by atoms with E-state index in [1.54, 1.807) is 26.0 Å². The molecule has 2 atom stereocenters. The average Bonchev–Trinajstić information content (AvgIpc) is 3.55. The van der Waals surface area contributed by atoms with E-state index in [2.05, 4.69) is 0 Å². The fraction of sp³-hybridized carbons (Fsp3) is 0.412. The van der Waals surface area contributed by atoms with E-state index in [4.69, 9.17) is 23.7 Å². The first kappa shape index (κ1) is 29.5. The molecular formula is C34H39NO7. The molecule has 0 bridgehead atoms. The number of ether oxygens (including phenoxy) is 5. The summed E-state index contributed by atoms with van der Waals surface area (Å²) in [5.41, 5.74) is 3.46. The van der Waals surface area contributed by atoms with Crippen LogP contribution in [-0.2, 0) is 38.6 Å². The lowest BCUT2D eigenvalue weighted by Crippen LogP contribution is -2.51. The summed E-state index contributed by atoms with van der Waals surface area (Å²) in [6, 6.07) is 20.1. The van der Waals surface area contributed by atoms with Crippen LogP contribution >= 0.6 is 0 Å². The average molecular weight is 574 g/mol. The molecule has 3 aromatic rings. The van der Waals surface area contributed by atoms with Crippen molar-refractivity contribution in [2.24, 2.45) is 0 Å². The maximum atomic E-state index is 14.3. The Kier molecular flexibility index (Phi) is 9.64. The summed E-state index contributed by atoms with van der Waals surface area (Å²) >= 11 is 0. The molecule has 1 aliphatic heterocycles. The zero-order valence-corrected chi connectivity index (χ0v) is 24.5. The number of esters is 1. The van der Waals surface area contributed by atoms with Gasteiger partial charge >= 0.3 is 5.97 Å². The molecule has 1 heterocycles. The Balaban J connectivity index is 1.47. The number of benzene rings is 3. The standard InChI is InChI=1S/C34H39NO7/c1-4-40-34(37)29-20-28-25(16-19-30(39-3)32(28)41-22-23-14-17-26(38-2)18-15-23)21-35(29)33(36)31(24-10-6-5-7-11-24)42-27-12-8-9-13-27/h5-7,10-11,14-19,27,29,31H,4,8-9,12-13,20-22H2,1-3H3/t29-,31-/m0/s1. The van der Waals surface area contributed by atoms with E-state index in [-0.39, 0.29) is 31.6 Å². The molecule has 0 radical (unpaired) electrons. The lowest BCUT2D eigenvalue weighted by molar-refractivity contribution is -0.163. The van der Waals surface area contributed by atoms with Gasteiger partial charge in [-0.2, -0.15) is 0 Å². The second-order valence-corrected chi connectivity index (χ2v) is 10.6. The largest absolute Gasteiger partial charge is 0.497 e. The summed E-state index contributed by atoms with van der Waals surface area (Å²) in [6.45, 7) is 2.50. The number of fused-ring (bicyclic) bond motifs is 1. The van der Waals surface area contributed by atoms with Gasteiger partial charge in [0.2, 0.25) is 0 Å². The third kappa shape index (κ3) is 6.54. The highest BCUT2D eigenvalue weighted by Crippen LogP contribution is 2.40. The molecule has 0 N–H and O–H groups in total. The van der Waals surface area contributed by atoms with Crippen molar-refractivity contribution < 1.29 is 33.3 Å². The van der Waals surface area contributed by atoms with Crippen molar-refractivity contribution in [2.75, 3.05) is 20.8 Å². The van der Waals surface area contributed by atoms with Crippen LogP contribution in [0.1, 0.15) is 61.0 Å². The van der Waals surface area contributed by atoms with Crippen LogP contribution in [0.5, 0.6) is 17.2 Å². The maximum Gasteiger partial charge on any atom is 0.329 e. The molecule has 1 fully saturated rings. The third-order valence-corrected chi connectivity index (χ3v) is 8.00. The molecule has 1 aliphatic carbocycles. The highest BCUT2D eigenvalue weighted by Gasteiger charge is 2.41. The van der Waals surface area contributed by atoms with Gasteiger partial charge in [0.15, 0.2) is 17.6 Å². The molecule has 0 aromatic heterocycles. The first-order valence-electron chi connectivity index (χ1n) is 14.6. The van der Waals surface area contributed by atoms with Gasteiger partial charge in [-0.25, -0.2) is 4.79 Å². The van der Waals surface area contributed by atoms with Gasteiger partial charge < -0.3 is 28.6 Å². The number of carbonyl (C=O) groups excluding carboxylic acids is 2. The number of rotatable bonds is 11. The molecule has 8 heteroatoms. The van der Waals surface area contributed by atoms with Crippen molar-refractivity contribution in [1.82, 2.24) is 4.90 Å². The van der Waals surface area contributed by atoms with Crippen molar-refractivity contribution >= 4 is 11.9 Å². The van der Waals surface area contributed by atoms with Gasteiger partial charge in [-0.15, -0.1) is 0 Å². The molecule has 222 valence electrons. The fourth-order valence-electron chi connectivity index (χ4n) is 5.77. The Morgan fingerprint density at radius 1 is 0.929 bits per heavy atom. The van der Waals surface area contributed by atoms with E-state index >= 15 is 0 Å². The van der Waals surface area contributed by atoms with Crippen LogP contribution in [0.15, 0.2) is 66.7 Å². The van der Waals surface area contributed by atoms with Crippen LogP contribution in [0.4, 0.5) is 0 Å². The lowest BCUT2D eigenvalue weighted by Gasteiger charge is -2.38. The van der Waals surface area contributed by atoms with Gasteiger partial charge in [0.05, 0.1) is 26.9 Å². The Morgan fingerprint density at radius 2 is 1.67 bits per heavy atom. The van der Waals surface area contributed by atoms with E-state index < -0.39 is 18.1 Å². The van der Waals surface area contributed by atoms with Gasteiger partial charge in [-0.05, 0) is 54.7 Å². The van der Waals surface area contributed by atoms with Gasteiger partial charge in [-0.3, -0.25) is 4.79 Å². The minimum Gasteiger partial charge on any atom is -0.497 e. The van der Waals surface area contributed by atoms with E-state index in [1.807, 2.05) is 66.7 Å². The quantitative estimate of drug-likeness (QED) is 0.268. The van der Waals surface area contributed by atoms with Crippen molar-refractivity contribution in [1.29, 1.82) is 0 Å². The second kappa shape index (κ2) is 13.7. The molecule has 0 saturated heterocycles. The predicted molar refractivity (Wildman–Crippen MR) is 158 cm³/mol. The van der Waals surface area contributed by atoms with Gasteiger partial charge in [0, 0.05) is 18.5 Å².